The smallest absolute Gasteiger partial charge is 0.393 e. The van der Waals surface area contributed by atoms with Crippen molar-refractivity contribution in [3.05, 3.63) is 0 Å². The Bertz CT molecular complexity index is 732. The first-order valence-electron chi connectivity index (χ1n) is 9.60. The van der Waals surface area contributed by atoms with Crippen molar-refractivity contribution >= 4 is 24.1 Å². The van der Waals surface area contributed by atoms with Gasteiger partial charge >= 0.3 is 11.9 Å². The largest absolute Gasteiger partial charge is 0.445 e. The minimum absolute atomic E-state index is 0.131. The van der Waals surface area contributed by atoms with Crippen molar-refractivity contribution in [2.45, 2.75) is 38.2 Å². The summed E-state index contributed by atoms with van der Waals surface area (Å²) in [6.45, 7) is -3.49. The quantitative estimate of drug-likeness (QED) is 0.716. The summed E-state index contributed by atoms with van der Waals surface area (Å²) in [7, 11) is 2.88. The number of rotatable bonds is 5. The molecule has 0 aromatic rings. The van der Waals surface area contributed by atoms with Gasteiger partial charge in [-0.1, -0.05) is 4.99 Å². The second-order valence-corrected chi connectivity index (χ2v) is 4.54. The molecule has 2 aliphatic rings. The molecule has 0 saturated heterocycles. The van der Waals surface area contributed by atoms with Crippen LogP contribution in [0.4, 0.5) is 4.79 Å². The highest BCUT2D eigenvalue weighted by Gasteiger charge is 2.49. The molecule has 2 atom stereocenters. The van der Waals surface area contributed by atoms with Crippen LogP contribution in [0, 0.1) is 0 Å². The van der Waals surface area contributed by atoms with Crippen LogP contribution in [0.3, 0.4) is 0 Å². The Balaban J connectivity index is 2.12. The summed E-state index contributed by atoms with van der Waals surface area (Å²) in [5.41, 5.74) is 0. The van der Waals surface area contributed by atoms with Gasteiger partial charge in [0.05, 0.1) is 21.0 Å². The summed E-state index contributed by atoms with van der Waals surface area (Å²) in [4.78, 5) is 31.1. The fraction of sp³-hybridized carbons (Fsp3) is 0.692. The first-order chi connectivity index (χ1) is 12.1. The van der Waals surface area contributed by atoms with Gasteiger partial charge in [0.1, 0.15) is 1.37 Å². The first-order valence-corrected chi connectivity index (χ1v) is 6.10. The highest BCUT2D eigenvalue weighted by molar-refractivity contribution is 6.17. The minimum Gasteiger partial charge on any atom is -0.393 e. The molecule has 0 saturated carbocycles. The van der Waals surface area contributed by atoms with E-state index in [1.807, 2.05) is 0 Å². The van der Waals surface area contributed by atoms with E-state index in [1.165, 1.54) is 19.0 Å². The zero-order valence-corrected chi connectivity index (χ0v) is 11.3. The van der Waals surface area contributed by atoms with Gasteiger partial charge in [-0.3, -0.25) is 4.79 Å². The van der Waals surface area contributed by atoms with Crippen molar-refractivity contribution < 1.29 is 28.9 Å². The van der Waals surface area contributed by atoms with E-state index in [1.54, 1.807) is 0 Å². The van der Waals surface area contributed by atoms with Crippen LogP contribution in [0.15, 0.2) is 4.99 Å². The zero-order chi connectivity index (χ0) is 20.9. The molecule has 1 N–H and O–H groups in total. The number of carbonyl (C=O) groups is 2. The minimum atomic E-state index is -3.33. The lowest BCUT2D eigenvalue weighted by Gasteiger charge is -2.26. The number of amides is 3. The molecule has 2 aliphatic heterocycles. The van der Waals surface area contributed by atoms with Crippen molar-refractivity contribution in [3.8, 4) is 0 Å². The van der Waals surface area contributed by atoms with Gasteiger partial charge in [0.25, 0.3) is 5.84 Å². The average Bonchev–Trinajstić information content (AvgIpc) is 2.83. The Kier molecular flexibility index (Phi) is 2.24. The van der Waals surface area contributed by atoms with Crippen LogP contribution in [0.1, 0.15) is 35.7 Å². The van der Waals surface area contributed by atoms with Gasteiger partial charge in [-0.15, -0.1) is 0 Å². The van der Waals surface area contributed by atoms with Gasteiger partial charge in [0.15, 0.2) is 6.31 Å². The maximum absolute atomic E-state index is 12.6. The van der Waals surface area contributed by atoms with E-state index in [2.05, 4.69) is 4.99 Å². The highest BCUT2D eigenvalue weighted by atomic mass is 16.3. The summed E-state index contributed by atoms with van der Waals surface area (Å²) in [6.07, 6.45) is -6.99. The predicted octanol–water partition coefficient (Wildman–Crippen LogP) is -0.117. The Labute approximate surface area is 128 Å². The van der Waals surface area contributed by atoms with Crippen LogP contribution in [-0.2, 0) is 4.79 Å². The van der Waals surface area contributed by atoms with E-state index >= 15 is 0 Å². The third kappa shape index (κ3) is 2.58. The topological polar surface area (TPSA) is 76.2 Å². The SMILES string of the molecule is [2H]C1=NC2=[N+](C)C(=O)N(CCCC([2H])([2H])C([2H])(O)C([2H])([2H])[2H])C(=O)C2N1C. The number of urea groups is 1. The predicted molar refractivity (Wildman–Crippen MR) is 73.9 cm³/mol. The number of amidine groups is 2. The molecule has 3 amide bonds. The van der Waals surface area contributed by atoms with Crippen molar-refractivity contribution in [2.75, 3.05) is 20.6 Å². The molecule has 0 aromatic carbocycles. The van der Waals surface area contributed by atoms with E-state index in [0.717, 1.165) is 9.48 Å². The second-order valence-electron chi connectivity index (χ2n) is 4.54. The molecule has 7 nitrogen and oxygen atoms in total. The summed E-state index contributed by atoms with van der Waals surface area (Å²) in [5.74, 6) is -0.494. The molecule has 110 valence electrons. The molecule has 20 heavy (non-hydrogen) atoms. The van der Waals surface area contributed by atoms with Crippen LogP contribution >= 0.6 is 0 Å². The summed E-state index contributed by atoms with van der Waals surface area (Å²) < 4.78 is 53.1. The van der Waals surface area contributed by atoms with E-state index in [9.17, 15) is 14.7 Å². The molecule has 2 rings (SSSR count). The monoisotopic (exact) mass is 288 g/mol. The van der Waals surface area contributed by atoms with Crippen molar-refractivity contribution in [1.29, 1.82) is 0 Å². The zero-order valence-electron chi connectivity index (χ0n) is 18.3. The lowest BCUT2D eigenvalue weighted by Crippen LogP contribution is -2.58. The number of imide groups is 1. The van der Waals surface area contributed by atoms with Crippen molar-refractivity contribution in [1.82, 2.24) is 9.80 Å². The molecule has 7 heteroatoms. The van der Waals surface area contributed by atoms with Crippen LogP contribution in [0.5, 0.6) is 0 Å². The van der Waals surface area contributed by atoms with Gasteiger partial charge < -0.3 is 10.0 Å². The third-order valence-corrected chi connectivity index (χ3v) is 3.17. The molecule has 2 heterocycles. The normalized spacial score (nSPS) is 32.2. The number of aliphatic imine (C=N–C) groups is 1. The molecule has 0 radical (unpaired) electrons. The molecule has 2 unspecified atom stereocenters. The fourth-order valence-corrected chi connectivity index (χ4v) is 2.13. The maximum Gasteiger partial charge on any atom is 0.445 e. The van der Waals surface area contributed by atoms with Crippen LogP contribution in [-0.4, -0.2) is 76.3 Å². The standard InChI is InChI=1S/C13H21N4O3/c1-9(18)6-4-5-7-17-12(19)10-11(14-8-15(10)2)16(3)13(17)20/h8-10,18H,4-7H2,1-3H3/q+1/i1D3,6D2,8D,9D. The number of likely N-dealkylation sites (N-methyl/N-ethyl adjacent to an activating group) is 1. The highest BCUT2D eigenvalue weighted by Crippen LogP contribution is 2.17. The van der Waals surface area contributed by atoms with E-state index in [4.69, 9.17) is 9.60 Å². The van der Waals surface area contributed by atoms with Gasteiger partial charge in [0, 0.05) is 13.9 Å². The van der Waals surface area contributed by atoms with E-state index < -0.39 is 43.7 Å². The van der Waals surface area contributed by atoms with E-state index in [-0.39, 0.29) is 25.1 Å². The summed E-state index contributed by atoms with van der Waals surface area (Å²) in [6, 6.07) is -1.64. The van der Waals surface area contributed by atoms with Crippen molar-refractivity contribution in [2.24, 2.45) is 4.99 Å². The third-order valence-electron chi connectivity index (χ3n) is 3.17. The fourth-order valence-electron chi connectivity index (χ4n) is 2.13. The molecule has 0 bridgehead atoms. The van der Waals surface area contributed by atoms with E-state index in [0.29, 0.717) is 0 Å². The Morgan fingerprint density at radius 2 is 2.45 bits per heavy atom. The van der Waals surface area contributed by atoms with Crippen LogP contribution in [0.25, 0.3) is 0 Å². The lowest BCUT2D eigenvalue weighted by molar-refractivity contribution is -0.407. The molecular weight excluding hydrogens is 260 g/mol. The van der Waals surface area contributed by atoms with Crippen LogP contribution < -0.4 is 0 Å². The Morgan fingerprint density at radius 3 is 3.15 bits per heavy atom. The van der Waals surface area contributed by atoms with Gasteiger partial charge in [-0.25, -0.2) is 4.79 Å². The number of fused-ring (bicyclic) bond motifs is 1. The average molecular weight is 288 g/mol. The summed E-state index contributed by atoms with van der Waals surface area (Å²) >= 11 is 0. The molecule has 0 aliphatic carbocycles. The first kappa shape index (κ1) is 7.87. The Morgan fingerprint density at radius 1 is 1.70 bits per heavy atom. The molecular formula is C13H21N4O3+. The van der Waals surface area contributed by atoms with Crippen LogP contribution in [0.2, 0.25) is 0 Å². The number of hydrogen-bond acceptors (Lipinski definition) is 5. The Hall–Kier alpha value is -1.76. The van der Waals surface area contributed by atoms with Crippen molar-refractivity contribution in [3.63, 3.8) is 0 Å². The molecule has 0 fully saturated rings. The van der Waals surface area contributed by atoms with Gasteiger partial charge in [0.2, 0.25) is 6.04 Å². The summed E-state index contributed by atoms with van der Waals surface area (Å²) in [5, 5.41) is 9.78. The molecule has 0 spiro atoms. The number of aliphatic hydroxyl groups is 1. The van der Waals surface area contributed by atoms with Gasteiger partial charge in [-0.2, -0.15) is 9.48 Å². The number of nitrogens with zero attached hydrogens (tertiary/aromatic N) is 4. The van der Waals surface area contributed by atoms with Gasteiger partial charge in [-0.05, 0) is 26.1 Å². The maximum atomic E-state index is 12.6. The number of carbonyl (C=O) groups excluding carboxylic acids is 2. The number of hydrogen-bond donors (Lipinski definition) is 1. The molecule has 0 aromatic heterocycles. The lowest BCUT2D eigenvalue weighted by atomic mass is 10.1. The second kappa shape index (κ2) is 5.70.